The molecule has 1 aliphatic rings. The summed E-state index contributed by atoms with van der Waals surface area (Å²) in [5.41, 5.74) is -0.0311. The van der Waals surface area contributed by atoms with Gasteiger partial charge < -0.3 is 24.5 Å². The fourth-order valence-electron chi connectivity index (χ4n) is 3.42. The molecule has 1 aromatic heterocycles. The van der Waals surface area contributed by atoms with Gasteiger partial charge >= 0.3 is 12.4 Å². The van der Waals surface area contributed by atoms with E-state index in [-0.39, 0.29) is 35.3 Å². The second kappa shape index (κ2) is 8.56. The normalized spacial score (nSPS) is 18.2. The third kappa shape index (κ3) is 4.81. The van der Waals surface area contributed by atoms with Crippen molar-refractivity contribution in [3.8, 4) is 23.0 Å². The van der Waals surface area contributed by atoms with E-state index in [9.17, 15) is 26.7 Å². The Labute approximate surface area is 182 Å². The fraction of sp³-hybridized carbons (Fsp3) is 0.250. The highest BCUT2D eigenvalue weighted by atomic mass is 19.4. The summed E-state index contributed by atoms with van der Waals surface area (Å²) in [4.78, 5) is 12.3. The smallest absolute Gasteiger partial charge is 0.497 e. The molecule has 1 fully saturated rings. The van der Waals surface area contributed by atoms with E-state index in [1.807, 2.05) is 0 Å². The molecular formula is C20H15F5N4O4. The molecule has 2 aromatic carbocycles. The number of hydrogen-bond donors (Lipinski definition) is 2. The van der Waals surface area contributed by atoms with Crippen LogP contribution >= 0.6 is 0 Å². The van der Waals surface area contributed by atoms with Gasteiger partial charge in [-0.2, -0.15) is 0 Å². The first-order valence-corrected chi connectivity index (χ1v) is 9.41. The van der Waals surface area contributed by atoms with Gasteiger partial charge in [0.05, 0.1) is 7.11 Å². The number of nitrogens with zero attached hydrogens (tertiary/aromatic N) is 2. The van der Waals surface area contributed by atoms with Crippen LogP contribution in [0.4, 0.5) is 28.0 Å². The maximum absolute atomic E-state index is 14.5. The van der Waals surface area contributed by atoms with Gasteiger partial charge in [0.25, 0.3) is 0 Å². The lowest BCUT2D eigenvalue weighted by Crippen LogP contribution is -2.33. The zero-order valence-corrected chi connectivity index (χ0v) is 16.7. The Bertz CT molecular complexity index is 1140. The second-order valence-electron chi connectivity index (χ2n) is 6.96. The average Bonchev–Trinajstić information content (AvgIpc) is 3.35. The van der Waals surface area contributed by atoms with E-state index in [2.05, 4.69) is 25.6 Å². The van der Waals surface area contributed by atoms with Crippen LogP contribution in [0.3, 0.4) is 0 Å². The molecule has 0 saturated carbocycles. The van der Waals surface area contributed by atoms with Crippen molar-refractivity contribution in [1.82, 2.24) is 15.5 Å². The number of halogens is 5. The number of aromatic nitrogens is 2. The molecule has 4 rings (SSSR count). The zero-order chi connectivity index (χ0) is 23.8. The number of nitrogens with one attached hydrogen (secondary N) is 2. The lowest BCUT2D eigenvalue weighted by atomic mass is 9.93. The number of rotatable bonds is 6. The number of carbonyl (C=O) groups excluding carboxylic acids is 1. The van der Waals surface area contributed by atoms with Crippen LogP contribution < -0.4 is 20.1 Å². The number of methoxy groups -OCH3 is 1. The lowest BCUT2D eigenvalue weighted by Gasteiger charge is -2.19. The Morgan fingerprint density at radius 2 is 1.76 bits per heavy atom. The summed E-state index contributed by atoms with van der Waals surface area (Å²) >= 11 is 0. The van der Waals surface area contributed by atoms with Crippen LogP contribution in [-0.4, -0.2) is 42.2 Å². The van der Waals surface area contributed by atoms with Gasteiger partial charge in [-0.25, -0.2) is 8.78 Å². The van der Waals surface area contributed by atoms with Crippen molar-refractivity contribution < 1.29 is 40.6 Å². The van der Waals surface area contributed by atoms with Gasteiger partial charge in [-0.1, -0.05) is 5.10 Å². The SMILES string of the molecule is COc1cc(F)c(C2CNC(=O)C2Nc2nnc(-c3ccc(OC(F)(F)F)cc3)o2)c(F)c1. The monoisotopic (exact) mass is 470 g/mol. The summed E-state index contributed by atoms with van der Waals surface area (Å²) in [7, 11) is 1.27. The molecule has 174 valence electrons. The third-order valence-electron chi connectivity index (χ3n) is 4.88. The molecule has 1 saturated heterocycles. The van der Waals surface area contributed by atoms with Crippen molar-refractivity contribution >= 4 is 11.9 Å². The molecule has 2 atom stereocenters. The van der Waals surface area contributed by atoms with Crippen LogP contribution in [0.15, 0.2) is 40.8 Å². The maximum Gasteiger partial charge on any atom is 0.573 e. The largest absolute Gasteiger partial charge is 0.573 e. The quantitative estimate of drug-likeness (QED) is 0.531. The number of alkyl halides is 3. The molecule has 8 nitrogen and oxygen atoms in total. The van der Waals surface area contributed by atoms with Crippen molar-refractivity contribution in [2.75, 3.05) is 19.0 Å². The molecule has 0 radical (unpaired) electrons. The molecule has 13 heteroatoms. The van der Waals surface area contributed by atoms with Crippen molar-refractivity contribution in [3.63, 3.8) is 0 Å². The summed E-state index contributed by atoms with van der Waals surface area (Å²) in [5.74, 6) is -3.74. The summed E-state index contributed by atoms with van der Waals surface area (Å²) in [6.45, 7) is -0.0433. The first-order chi connectivity index (χ1) is 15.6. The van der Waals surface area contributed by atoms with Gasteiger partial charge in [-0.05, 0) is 24.3 Å². The molecule has 0 bridgehead atoms. The van der Waals surface area contributed by atoms with Gasteiger partial charge in [0.15, 0.2) is 0 Å². The van der Waals surface area contributed by atoms with Gasteiger partial charge in [0.2, 0.25) is 11.8 Å². The van der Waals surface area contributed by atoms with Crippen LogP contribution in [-0.2, 0) is 4.79 Å². The van der Waals surface area contributed by atoms with Gasteiger partial charge in [0.1, 0.15) is 29.2 Å². The number of ether oxygens (including phenoxy) is 2. The van der Waals surface area contributed by atoms with Crippen LogP contribution in [0.25, 0.3) is 11.5 Å². The zero-order valence-electron chi connectivity index (χ0n) is 16.7. The molecule has 1 amide bonds. The van der Waals surface area contributed by atoms with E-state index >= 15 is 0 Å². The lowest BCUT2D eigenvalue weighted by molar-refractivity contribution is -0.274. The molecule has 0 spiro atoms. The molecular weight excluding hydrogens is 455 g/mol. The number of hydrogen-bond acceptors (Lipinski definition) is 7. The average molecular weight is 470 g/mol. The number of benzene rings is 2. The predicted molar refractivity (Wildman–Crippen MR) is 102 cm³/mol. The first kappa shape index (κ1) is 22.3. The van der Waals surface area contributed by atoms with Crippen molar-refractivity contribution in [3.05, 3.63) is 53.6 Å². The van der Waals surface area contributed by atoms with Gasteiger partial charge in [-0.3, -0.25) is 4.79 Å². The minimum atomic E-state index is -4.83. The molecule has 1 aliphatic heterocycles. The standard InChI is InChI=1S/C20H15F5N4O4/c1-31-11-6-13(21)15(14(22)7-11)12-8-26-17(30)16(12)27-19-29-28-18(32-19)9-2-4-10(5-3-9)33-20(23,24)25/h2-7,12,16H,8H2,1H3,(H,26,30)(H,27,29). The van der Waals surface area contributed by atoms with Crippen LogP contribution in [0.5, 0.6) is 11.5 Å². The van der Waals surface area contributed by atoms with Crippen LogP contribution in [0.2, 0.25) is 0 Å². The van der Waals surface area contributed by atoms with Crippen molar-refractivity contribution in [2.24, 2.45) is 0 Å². The first-order valence-electron chi connectivity index (χ1n) is 9.41. The van der Waals surface area contributed by atoms with E-state index in [0.29, 0.717) is 0 Å². The van der Waals surface area contributed by atoms with E-state index in [4.69, 9.17) is 9.15 Å². The highest BCUT2D eigenvalue weighted by Gasteiger charge is 2.40. The highest BCUT2D eigenvalue weighted by Crippen LogP contribution is 2.33. The summed E-state index contributed by atoms with van der Waals surface area (Å²) < 4.78 is 79.9. The highest BCUT2D eigenvalue weighted by molar-refractivity contribution is 5.88. The number of anilines is 1. The van der Waals surface area contributed by atoms with E-state index < -0.39 is 41.6 Å². The molecule has 33 heavy (non-hydrogen) atoms. The van der Waals surface area contributed by atoms with Gasteiger partial charge in [0, 0.05) is 35.7 Å². The Morgan fingerprint density at radius 3 is 2.36 bits per heavy atom. The molecule has 3 aromatic rings. The summed E-state index contributed by atoms with van der Waals surface area (Å²) in [6, 6.07) is 5.34. The number of carbonyl (C=O) groups is 1. The van der Waals surface area contributed by atoms with E-state index in [1.54, 1.807) is 0 Å². The van der Waals surface area contributed by atoms with Crippen LogP contribution in [0, 0.1) is 11.6 Å². The van der Waals surface area contributed by atoms with Crippen molar-refractivity contribution in [1.29, 1.82) is 0 Å². The minimum Gasteiger partial charge on any atom is -0.497 e. The fourth-order valence-corrected chi connectivity index (χ4v) is 3.42. The van der Waals surface area contributed by atoms with E-state index in [1.165, 1.54) is 19.2 Å². The second-order valence-corrected chi connectivity index (χ2v) is 6.96. The molecule has 0 aliphatic carbocycles. The Hall–Kier alpha value is -3.90. The Kier molecular flexibility index (Phi) is 5.78. The summed E-state index contributed by atoms with van der Waals surface area (Å²) in [6.07, 6.45) is -4.83. The maximum atomic E-state index is 14.5. The molecule has 2 heterocycles. The van der Waals surface area contributed by atoms with E-state index in [0.717, 1.165) is 24.3 Å². The Morgan fingerprint density at radius 1 is 1.09 bits per heavy atom. The van der Waals surface area contributed by atoms with Crippen LogP contribution in [0.1, 0.15) is 11.5 Å². The third-order valence-corrected chi connectivity index (χ3v) is 4.88. The predicted octanol–water partition coefficient (Wildman–Crippen LogP) is 3.62. The molecule has 2 unspecified atom stereocenters. The minimum absolute atomic E-state index is 0.0104. The van der Waals surface area contributed by atoms with Crippen molar-refractivity contribution in [2.45, 2.75) is 18.3 Å². The van der Waals surface area contributed by atoms with Gasteiger partial charge in [-0.15, -0.1) is 18.3 Å². The topological polar surface area (TPSA) is 98.5 Å². The Balaban J connectivity index is 1.53. The summed E-state index contributed by atoms with van der Waals surface area (Å²) in [5, 5.41) is 12.7. The molecule has 2 N–H and O–H groups in total. The number of amides is 1.